The Morgan fingerprint density at radius 1 is 1.16 bits per heavy atom. The van der Waals surface area contributed by atoms with Gasteiger partial charge in [-0.3, -0.25) is 4.79 Å². The topological polar surface area (TPSA) is 69.7 Å². The molecule has 126 valence electrons. The van der Waals surface area contributed by atoms with E-state index < -0.39 is 0 Å². The second kappa shape index (κ2) is 5.09. The Morgan fingerprint density at radius 3 is 2.80 bits per heavy atom. The summed E-state index contributed by atoms with van der Waals surface area (Å²) in [7, 11) is 0. The van der Waals surface area contributed by atoms with Crippen LogP contribution >= 0.6 is 0 Å². The highest BCUT2D eigenvalue weighted by Gasteiger charge is 2.35. The van der Waals surface area contributed by atoms with Crippen molar-refractivity contribution in [3.8, 4) is 5.75 Å². The molecule has 1 aliphatic heterocycles. The number of furan rings is 1. The molecule has 25 heavy (non-hydrogen) atoms. The fourth-order valence-corrected chi connectivity index (χ4v) is 4.24. The molecule has 2 aromatic heterocycles. The minimum Gasteiger partial charge on any atom is -0.469 e. The normalized spacial score (nSPS) is 18.9. The molecule has 0 saturated carbocycles. The molecule has 0 radical (unpaired) electrons. The molecule has 1 atom stereocenters. The van der Waals surface area contributed by atoms with Crippen molar-refractivity contribution < 1.29 is 18.4 Å². The van der Waals surface area contributed by atoms with Crippen molar-refractivity contribution >= 4 is 16.9 Å². The molecule has 1 aromatic carbocycles. The number of carbonyl (C=O) groups excluding carboxylic acids is 1. The summed E-state index contributed by atoms with van der Waals surface area (Å²) in [5, 5.41) is 0.775. The van der Waals surface area contributed by atoms with E-state index in [1.807, 2.05) is 25.1 Å². The summed E-state index contributed by atoms with van der Waals surface area (Å²) in [6, 6.07) is 5.58. The molecule has 2 aliphatic rings. The Morgan fingerprint density at radius 2 is 2.00 bits per heavy atom. The molecule has 0 N–H and O–H groups in total. The largest absolute Gasteiger partial charge is 0.469 e. The average molecular weight is 336 g/mol. The molecule has 0 unspecified atom stereocenters. The number of hydrogen-bond donors (Lipinski definition) is 0. The van der Waals surface area contributed by atoms with E-state index in [0.717, 1.165) is 46.2 Å². The van der Waals surface area contributed by atoms with Crippen LogP contribution in [0.25, 0.3) is 11.0 Å². The predicted molar refractivity (Wildman–Crippen MR) is 90.0 cm³/mol. The van der Waals surface area contributed by atoms with Crippen LogP contribution in [0.3, 0.4) is 0 Å². The molecular weight excluding hydrogens is 320 g/mol. The van der Waals surface area contributed by atoms with E-state index in [1.165, 1.54) is 0 Å². The molecule has 5 heteroatoms. The van der Waals surface area contributed by atoms with Gasteiger partial charge in [-0.15, -0.1) is 0 Å². The second-order valence-corrected chi connectivity index (χ2v) is 6.76. The van der Waals surface area contributed by atoms with Crippen molar-refractivity contribution in [1.82, 2.24) is 0 Å². The summed E-state index contributed by atoms with van der Waals surface area (Å²) >= 11 is 0. The monoisotopic (exact) mass is 336 g/mol. The summed E-state index contributed by atoms with van der Waals surface area (Å²) in [5.74, 6) is 0.808. The van der Waals surface area contributed by atoms with Crippen LogP contribution in [0.1, 0.15) is 46.8 Å². The maximum absolute atomic E-state index is 12.3. The van der Waals surface area contributed by atoms with Crippen LogP contribution in [0.4, 0.5) is 0 Å². The third kappa shape index (κ3) is 2.02. The van der Waals surface area contributed by atoms with Gasteiger partial charge < -0.3 is 13.6 Å². The van der Waals surface area contributed by atoms with Crippen molar-refractivity contribution in [3.05, 3.63) is 62.9 Å². The highest BCUT2D eigenvalue weighted by molar-refractivity contribution is 5.94. The second-order valence-electron chi connectivity index (χ2n) is 6.76. The van der Waals surface area contributed by atoms with Crippen LogP contribution in [-0.2, 0) is 17.6 Å². The SMILES string of the molecule is Cc1cc2oc(=O)c3c(c2c2c1[C@@H](c1ccco1)CC(=O)O2)CCC3. The Labute approximate surface area is 143 Å². The summed E-state index contributed by atoms with van der Waals surface area (Å²) < 4.78 is 16.8. The Kier molecular flexibility index (Phi) is 2.95. The van der Waals surface area contributed by atoms with Gasteiger partial charge in [-0.05, 0) is 55.5 Å². The first-order chi connectivity index (χ1) is 12.1. The first-order valence-electron chi connectivity index (χ1n) is 8.49. The number of fused-ring (bicyclic) bond motifs is 5. The van der Waals surface area contributed by atoms with Crippen LogP contribution in [0.15, 0.2) is 38.1 Å². The van der Waals surface area contributed by atoms with E-state index in [-0.39, 0.29) is 23.9 Å². The van der Waals surface area contributed by atoms with E-state index in [4.69, 9.17) is 13.6 Å². The van der Waals surface area contributed by atoms with Crippen molar-refractivity contribution in [2.45, 2.75) is 38.5 Å². The van der Waals surface area contributed by atoms with Crippen LogP contribution < -0.4 is 10.4 Å². The molecule has 0 spiro atoms. The molecule has 1 aliphatic carbocycles. The quantitative estimate of drug-likeness (QED) is 0.386. The van der Waals surface area contributed by atoms with Gasteiger partial charge in [0.25, 0.3) is 0 Å². The zero-order valence-electron chi connectivity index (χ0n) is 13.8. The molecule has 5 rings (SSSR count). The Hall–Kier alpha value is -2.82. The maximum Gasteiger partial charge on any atom is 0.339 e. The van der Waals surface area contributed by atoms with E-state index in [0.29, 0.717) is 17.8 Å². The van der Waals surface area contributed by atoms with Crippen molar-refractivity contribution in [1.29, 1.82) is 0 Å². The minimum absolute atomic E-state index is 0.181. The molecule has 0 amide bonds. The van der Waals surface area contributed by atoms with Gasteiger partial charge in [-0.25, -0.2) is 4.79 Å². The lowest BCUT2D eigenvalue weighted by atomic mass is 9.85. The Balaban J connectivity index is 1.88. The zero-order chi connectivity index (χ0) is 17.1. The maximum atomic E-state index is 12.3. The highest BCUT2D eigenvalue weighted by atomic mass is 16.5. The van der Waals surface area contributed by atoms with Crippen molar-refractivity contribution in [2.24, 2.45) is 0 Å². The molecule has 0 fully saturated rings. The van der Waals surface area contributed by atoms with Gasteiger partial charge in [0.05, 0.1) is 24.0 Å². The Bertz CT molecular complexity index is 1070. The number of aryl methyl sites for hydroxylation is 2. The van der Waals surface area contributed by atoms with Crippen molar-refractivity contribution in [3.63, 3.8) is 0 Å². The molecule has 0 saturated heterocycles. The van der Waals surface area contributed by atoms with Gasteiger partial charge in [-0.2, -0.15) is 0 Å². The van der Waals surface area contributed by atoms with Gasteiger partial charge >= 0.3 is 11.6 Å². The van der Waals surface area contributed by atoms with Crippen molar-refractivity contribution in [2.75, 3.05) is 0 Å². The summed E-state index contributed by atoms with van der Waals surface area (Å²) in [4.78, 5) is 24.5. The van der Waals surface area contributed by atoms with E-state index in [2.05, 4.69) is 0 Å². The molecule has 0 bridgehead atoms. The third-order valence-corrected chi connectivity index (χ3v) is 5.28. The molecule has 5 nitrogen and oxygen atoms in total. The lowest BCUT2D eigenvalue weighted by Crippen LogP contribution is -2.22. The number of ether oxygens (including phenoxy) is 1. The van der Waals surface area contributed by atoms with Gasteiger partial charge in [0.2, 0.25) is 0 Å². The number of hydrogen-bond acceptors (Lipinski definition) is 5. The molecule has 3 heterocycles. The first kappa shape index (κ1) is 14.5. The zero-order valence-corrected chi connectivity index (χ0v) is 13.8. The van der Waals surface area contributed by atoms with Gasteiger partial charge in [0.15, 0.2) is 0 Å². The highest BCUT2D eigenvalue weighted by Crippen LogP contribution is 2.46. The number of benzene rings is 1. The smallest absolute Gasteiger partial charge is 0.339 e. The predicted octanol–water partition coefficient (Wildman–Crippen LogP) is 3.62. The molecular formula is C20H16O5. The first-order valence-corrected chi connectivity index (χ1v) is 8.49. The molecule has 3 aromatic rings. The standard InChI is InChI=1S/C20H16O5/c1-10-8-15-18(11-4-2-5-12(11)20(22)24-15)19-17(10)13(9-16(21)25-19)14-6-3-7-23-14/h3,6-8,13H,2,4-5,9H2,1H3/t13-/m1/s1. The fourth-order valence-electron chi connectivity index (χ4n) is 4.24. The van der Waals surface area contributed by atoms with E-state index in [9.17, 15) is 9.59 Å². The van der Waals surface area contributed by atoms with Gasteiger partial charge in [0, 0.05) is 11.1 Å². The van der Waals surface area contributed by atoms with Crippen LogP contribution in [0.5, 0.6) is 5.75 Å². The summed E-state index contributed by atoms with van der Waals surface area (Å²) in [5.41, 5.74) is 3.78. The lowest BCUT2D eigenvalue weighted by molar-refractivity contribution is -0.135. The van der Waals surface area contributed by atoms with Gasteiger partial charge in [-0.1, -0.05) is 0 Å². The van der Waals surface area contributed by atoms with E-state index in [1.54, 1.807) is 6.26 Å². The van der Waals surface area contributed by atoms with Gasteiger partial charge in [0.1, 0.15) is 17.1 Å². The number of esters is 1. The third-order valence-electron chi connectivity index (χ3n) is 5.28. The summed E-state index contributed by atoms with van der Waals surface area (Å²) in [6.07, 6.45) is 4.28. The average Bonchev–Trinajstić information content (AvgIpc) is 3.25. The fraction of sp³-hybridized carbons (Fsp3) is 0.300. The van der Waals surface area contributed by atoms with Crippen LogP contribution in [0.2, 0.25) is 0 Å². The van der Waals surface area contributed by atoms with Crippen LogP contribution in [-0.4, -0.2) is 5.97 Å². The number of rotatable bonds is 1. The number of carbonyl (C=O) groups is 1. The van der Waals surface area contributed by atoms with E-state index >= 15 is 0 Å². The summed E-state index contributed by atoms with van der Waals surface area (Å²) in [6.45, 7) is 1.95. The minimum atomic E-state index is -0.293. The van der Waals surface area contributed by atoms with Crippen LogP contribution in [0, 0.1) is 6.92 Å². The lowest BCUT2D eigenvalue weighted by Gasteiger charge is -2.26.